The van der Waals surface area contributed by atoms with Gasteiger partial charge in [-0.15, -0.1) is 0 Å². The van der Waals surface area contributed by atoms with Crippen LogP contribution in [0.2, 0.25) is 5.15 Å². The molecule has 1 aliphatic rings. The summed E-state index contributed by atoms with van der Waals surface area (Å²) in [6, 6.07) is 1.98. The molecular weight excluding hydrogens is 396 g/mol. The predicted octanol–water partition coefficient (Wildman–Crippen LogP) is 4.42. The summed E-state index contributed by atoms with van der Waals surface area (Å²) in [6.45, 7) is 6.89. The van der Waals surface area contributed by atoms with Crippen LogP contribution in [0.4, 0.5) is 4.79 Å². The Morgan fingerprint density at radius 1 is 1.46 bits per heavy atom. The highest BCUT2D eigenvalue weighted by molar-refractivity contribution is 9.10. The van der Waals surface area contributed by atoms with Crippen molar-refractivity contribution in [3.05, 3.63) is 22.0 Å². The Kier molecular flexibility index (Phi) is 4.75. The number of hydrogen-bond acceptors (Lipinski definition) is 4. The first-order valence-electron chi connectivity index (χ1n) is 7.92. The number of rotatable bonds is 1. The lowest BCUT2D eigenvalue weighted by molar-refractivity contribution is 0.0169. The fourth-order valence-corrected chi connectivity index (χ4v) is 3.85. The van der Waals surface area contributed by atoms with Crippen LogP contribution >= 0.6 is 27.5 Å². The maximum atomic E-state index is 12.3. The van der Waals surface area contributed by atoms with Gasteiger partial charge in [-0.05, 0) is 55.6 Å². The lowest BCUT2D eigenvalue weighted by Crippen LogP contribution is -2.43. The molecule has 0 bridgehead atoms. The molecule has 0 aromatic carbocycles. The quantitative estimate of drug-likeness (QED) is 0.647. The molecule has 0 N–H and O–H groups in total. The Bertz CT molecular complexity index is 771. The Balaban J connectivity index is 1.86. The summed E-state index contributed by atoms with van der Waals surface area (Å²) in [5, 5.41) is 5.79. The van der Waals surface area contributed by atoms with Gasteiger partial charge in [-0.1, -0.05) is 11.6 Å². The molecule has 1 unspecified atom stereocenters. The highest BCUT2D eigenvalue weighted by Crippen LogP contribution is 2.33. The van der Waals surface area contributed by atoms with E-state index in [1.165, 1.54) is 0 Å². The average Bonchev–Trinajstić information content (AvgIpc) is 2.84. The number of halogens is 2. The van der Waals surface area contributed by atoms with Crippen LogP contribution in [0.3, 0.4) is 0 Å². The monoisotopic (exact) mass is 414 g/mol. The van der Waals surface area contributed by atoms with E-state index in [9.17, 15) is 4.79 Å². The first kappa shape index (κ1) is 17.5. The lowest BCUT2D eigenvalue weighted by Gasteiger charge is -2.34. The minimum absolute atomic E-state index is 0.0820. The van der Waals surface area contributed by atoms with Gasteiger partial charge in [-0.2, -0.15) is 5.10 Å². The van der Waals surface area contributed by atoms with Crippen molar-refractivity contribution < 1.29 is 9.53 Å². The van der Waals surface area contributed by atoms with E-state index in [0.717, 1.165) is 23.7 Å². The molecule has 8 heteroatoms. The molecule has 24 heavy (non-hydrogen) atoms. The van der Waals surface area contributed by atoms with E-state index < -0.39 is 5.60 Å². The number of ether oxygens (including phenoxy) is 1. The van der Waals surface area contributed by atoms with Gasteiger partial charge in [0.15, 0.2) is 0 Å². The SMILES string of the molecule is CC(C)(C)OC(=O)N1CCCC(n2nc(Br)c3c(Cl)nccc32)C1. The fraction of sp³-hybridized carbons (Fsp3) is 0.562. The van der Waals surface area contributed by atoms with Crippen molar-refractivity contribution in [1.29, 1.82) is 0 Å². The van der Waals surface area contributed by atoms with Gasteiger partial charge in [0.2, 0.25) is 0 Å². The van der Waals surface area contributed by atoms with Crippen LogP contribution in [0.1, 0.15) is 39.7 Å². The van der Waals surface area contributed by atoms with E-state index in [2.05, 4.69) is 26.0 Å². The number of carbonyl (C=O) groups is 1. The number of amides is 1. The molecule has 3 rings (SSSR count). The third-order valence-electron chi connectivity index (χ3n) is 3.93. The minimum Gasteiger partial charge on any atom is -0.444 e. The molecule has 130 valence electrons. The van der Waals surface area contributed by atoms with Gasteiger partial charge in [0.1, 0.15) is 15.4 Å². The van der Waals surface area contributed by atoms with Gasteiger partial charge in [0.25, 0.3) is 0 Å². The Hall–Kier alpha value is -1.34. The first-order valence-corrected chi connectivity index (χ1v) is 9.09. The summed E-state index contributed by atoms with van der Waals surface area (Å²) in [5.74, 6) is 0. The van der Waals surface area contributed by atoms with Crippen LogP contribution < -0.4 is 0 Å². The summed E-state index contributed by atoms with van der Waals surface area (Å²) >= 11 is 9.64. The van der Waals surface area contributed by atoms with Crippen LogP contribution in [-0.4, -0.2) is 44.4 Å². The Morgan fingerprint density at radius 3 is 2.92 bits per heavy atom. The molecule has 0 spiro atoms. The van der Waals surface area contributed by atoms with Crippen LogP contribution in [0.25, 0.3) is 10.9 Å². The minimum atomic E-state index is -0.495. The average molecular weight is 416 g/mol. The van der Waals surface area contributed by atoms with Gasteiger partial charge < -0.3 is 9.64 Å². The topological polar surface area (TPSA) is 60.2 Å². The number of pyridine rings is 1. The van der Waals surface area contributed by atoms with E-state index in [4.69, 9.17) is 16.3 Å². The van der Waals surface area contributed by atoms with E-state index >= 15 is 0 Å². The molecule has 1 amide bonds. The number of carbonyl (C=O) groups excluding carboxylic acids is 1. The molecule has 3 heterocycles. The summed E-state index contributed by atoms with van der Waals surface area (Å²) in [4.78, 5) is 18.2. The van der Waals surface area contributed by atoms with Gasteiger partial charge in [0.05, 0.1) is 16.9 Å². The normalized spacial score (nSPS) is 18.9. The van der Waals surface area contributed by atoms with E-state index in [-0.39, 0.29) is 12.1 Å². The van der Waals surface area contributed by atoms with Gasteiger partial charge in [-0.25, -0.2) is 9.78 Å². The molecular formula is C16H20BrClN4O2. The second-order valence-electron chi connectivity index (χ2n) is 6.95. The number of nitrogens with zero attached hydrogens (tertiary/aromatic N) is 4. The van der Waals surface area contributed by atoms with E-state index in [1.54, 1.807) is 11.1 Å². The Morgan fingerprint density at radius 2 is 2.21 bits per heavy atom. The largest absolute Gasteiger partial charge is 0.444 e. The van der Waals surface area contributed by atoms with E-state index in [1.807, 2.05) is 31.5 Å². The highest BCUT2D eigenvalue weighted by Gasteiger charge is 2.30. The summed E-state index contributed by atoms with van der Waals surface area (Å²) < 4.78 is 8.10. The summed E-state index contributed by atoms with van der Waals surface area (Å²) in [7, 11) is 0. The first-order chi connectivity index (χ1) is 11.3. The fourth-order valence-electron chi connectivity index (χ4n) is 2.93. The van der Waals surface area contributed by atoms with Crippen molar-refractivity contribution in [3.63, 3.8) is 0 Å². The molecule has 1 aliphatic heterocycles. The molecule has 2 aromatic heterocycles. The zero-order valence-electron chi connectivity index (χ0n) is 13.9. The molecule has 6 nitrogen and oxygen atoms in total. The van der Waals surface area contributed by atoms with Crippen LogP contribution in [0, 0.1) is 0 Å². The number of aromatic nitrogens is 3. The van der Waals surface area contributed by atoms with Crippen molar-refractivity contribution in [3.8, 4) is 0 Å². The maximum absolute atomic E-state index is 12.3. The molecule has 1 atom stereocenters. The van der Waals surface area contributed by atoms with Crippen molar-refractivity contribution in [1.82, 2.24) is 19.7 Å². The highest BCUT2D eigenvalue weighted by atomic mass is 79.9. The second kappa shape index (κ2) is 6.52. The zero-order chi connectivity index (χ0) is 17.5. The third kappa shape index (κ3) is 3.52. The molecule has 1 fully saturated rings. The molecule has 0 radical (unpaired) electrons. The van der Waals surface area contributed by atoms with Crippen molar-refractivity contribution in [2.45, 2.75) is 45.3 Å². The molecule has 0 saturated carbocycles. The number of likely N-dealkylation sites (tertiary alicyclic amines) is 1. The van der Waals surface area contributed by atoms with Crippen molar-refractivity contribution >= 4 is 44.5 Å². The second-order valence-corrected chi connectivity index (χ2v) is 8.06. The van der Waals surface area contributed by atoms with Crippen molar-refractivity contribution in [2.24, 2.45) is 0 Å². The zero-order valence-corrected chi connectivity index (χ0v) is 16.3. The molecule has 2 aromatic rings. The van der Waals surface area contributed by atoms with Gasteiger partial charge in [0, 0.05) is 19.3 Å². The number of fused-ring (bicyclic) bond motifs is 1. The van der Waals surface area contributed by atoms with Crippen molar-refractivity contribution in [2.75, 3.05) is 13.1 Å². The Labute approximate surface area is 154 Å². The third-order valence-corrected chi connectivity index (χ3v) is 4.77. The van der Waals surface area contributed by atoms with Crippen LogP contribution in [-0.2, 0) is 4.74 Å². The molecule has 1 saturated heterocycles. The lowest BCUT2D eigenvalue weighted by atomic mass is 10.1. The van der Waals surface area contributed by atoms with Gasteiger partial charge >= 0.3 is 6.09 Å². The number of piperidine rings is 1. The standard InChI is InChI=1S/C16H20BrClN4O2/c1-16(2,3)24-15(23)21-8-4-5-10(9-21)22-11-6-7-19-14(18)12(11)13(17)20-22/h6-7,10H,4-5,8-9H2,1-3H3. The summed E-state index contributed by atoms with van der Waals surface area (Å²) in [5.41, 5.74) is 0.419. The summed E-state index contributed by atoms with van der Waals surface area (Å²) in [6.07, 6.45) is 3.25. The van der Waals surface area contributed by atoms with Crippen LogP contribution in [0.15, 0.2) is 16.9 Å². The van der Waals surface area contributed by atoms with Gasteiger partial charge in [-0.3, -0.25) is 4.68 Å². The maximum Gasteiger partial charge on any atom is 0.410 e. The predicted molar refractivity (Wildman–Crippen MR) is 96.3 cm³/mol. The van der Waals surface area contributed by atoms with Crippen LogP contribution in [0.5, 0.6) is 0 Å². The molecule has 0 aliphatic carbocycles. The van der Waals surface area contributed by atoms with E-state index in [0.29, 0.717) is 22.8 Å². The smallest absolute Gasteiger partial charge is 0.410 e. The number of hydrogen-bond donors (Lipinski definition) is 0.